The van der Waals surface area contributed by atoms with Gasteiger partial charge in [0.2, 0.25) is 5.91 Å². The summed E-state index contributed by atoms with van der Waals surface area (Å²) in [4.78, 5) is 26.9. The maximum atomic E-state index is 14.1. The van der Waals surface area contributed by atoms with Crippen LogP contribution in [-0.2, 0) is 4.79 Å². The van der Waals surface area contributed by atoms with E-state index >= 15 is 0 Å². The van der Waals surface area contributed by atoms with Gasteiger partial charge in [-0.2, -0.15) is 0 Å². The van der Waals surface area contributed by atoms with E-state index in [-0.39, 0.29) is 36.5 Å². The lowest BCUT2D eigenvalue weighted by Gasteiger charge is -2.36. The van der Waals surface area contributed by atoms with Crippen LogP contribution in [-0.4, -0.2) is 49.3 Å². The molecule has 0 atom stereocenters. The predicted octanol–water partition coefficient (Wildman–Crippen LogP) is 2.26. The van der Waals surface area contributed by atoms with Gasteiger partial charge in [-0.3, -0.25) is 9.59 Å². The number of benzene rings is 1. The van der Waals surface area contributed by atoms with Gasteiger partial charge in [0.15, 0.2) is 5.78 Å². The molecule has 0 radical (unpaired) electrons. The third kappa shape index (κ3) is 5.61. The van der Waals surface area contributed by atoms with Crippen LogP contribution in [0.2, 0.25) is 0 Å². The minimum absolute atomic E-state index is 0. The molecule has 1 amide bonds. The van der Waals surface area contributed by atoms with Crippen LogP contribution in [0.5, 0.6) is 0 Å². The summed E-state index contributed by atoms with van der Waals surface area (Å²) in [6.45, 7) is 4.27. The zero-order valence-electron chi connectivity index (χ0n) is 13.7. The van der Waals surface area contributed by atoms with Crippen LogP contribution in [0.25, 0.3) is 0 Å². The van der Waals surface area contributed by atoms with Crippen molar-refractivity contribution in [1.29, 1.82) is 0 Å². The Balaban J connectivity index is 0.00000264. The van der Waals surface area contributed by atoms with Crippen molar-refractivity contribution in [1.82, 2.24) is 4.90 Å². The van der Waals surface area contributed by atoms with Gasteiger partial charge in [-0.15, -0.1) is 24.8 Å². The molecule has 0 saturated carbocycles. The van der Waals surface area contributed by atoms with E-state index in [1.807, 2.05) is 4.90 Å². The second kappa shape index (κ2) is 10.5. The fourth-order valence-corrected chi connectivity index (χ4v) is 2.59. The maximum absolute atomic E-state index is 14.1. The fourth-order valence-electron chi connectivity index (χ4n) is 2.59. The minimum atomic E-state index is -0.393. The Morgan fingerprint density at radius 1 is 1.17 bits per heavy atom. The van der Waals surface area contributed by atoms with Gasteiger partial charge in [0.25, 0.3) is 0 Å². The first kappa shape index (κ1) is 22.6. The fraction of sp³-hybridized carbons (Fsp3) is 0.500. The molecule has 8 heteroatoms. The number of Topliss-reactive ketones (excluding diaryl/α,β-unsaturated/α-hetero) is 1. The van der Waals surface area contributed by atoms with E-state index in [0.717, 1.165) is 0 Å². The highest BCUT2D eigenvalue weighted by Gasteiger charge is 2.22. The number of rotatable bonds is 5. The summed E-state index contributed by atoms with van der Waals surface area (Å²) in [6, 6.07) is 4.55. The zero-order chi connectivity index (χ0) is 16.1. The summed E-state index contributed by atoms with van der Waals surface area (Å²) >= 11 is 0. The van der Waals surface area contributed by atoms with E-state index in [1.165, 1.54) is 13.0 Å². The Labute approximate surface area is 154 Å². The number of carbonyl (C=O) groups is 2. The molecule has 1 aromatic carbocycles. The SMILES string of the molecule is CC(=O)c1ccc(N2CCN(C(=O)CCCN)CC2)c(F)c1.Cl.Cl. The van der Waals surface area contributed by atoms with E-state index in [4.69, 9.17) is 5.73 Å². The van der Waals surface area contributed by atoms with Gasteiger partial charge in [0, 0.05) is 38.2 Å². The zero-order valence-corrected chi connectivity index (χ0v) is 15.3. The van der Waals surface area contributed by atoms with Gasteiger partial charge in [0.1, 0.15) is 5.82 Å². The smallest absolute Gasteiger partial charge is 0.222 e. The van der Waals surface area contributed by atoms with E-state index in [0.29, 0.717) is 56.8 Å². The van der Waals surface area contributed by atoms with Crippen molar-refractivity contribution in [2.45, 2.75) is 19.8 Å². The van der Waals surface area contributed by atoms with Crippen molar-refractivity contribution in [3.63, 3.8) is 0 Å². The van der Waals surface area contributed by atoms with Crippen LogP contribution in [0.1, 0.15) is 30.1 Å². The second-order valence-electron chi connectivity index (χ2n) is 5.48. The van der Waals surface area contributed by atoms with E-state index in [2.05, 4.69) is 0 Å². The monoisotopic (exact) mass is 379 g/mol. The van der Waals surface area contributed by atoms with Crippen LogP contribution < -0.4 is 10.6 Å². The number of piperazine rings is 1. The molecular weight excluding hydrogens is 356 g/mol. The molecule has 1 fully saturated rings. The molecule has 0 aliphatic carbocycles. The first-order chi connectivity index (χ1) is 10.5. The van der Waals surface area contributed by atoms with Gasteiger partial charge in [-0.25, -0.2) is 4.39 Å². The van der Waals surface area contributed by atoms with E-state index in [1.54, 1.807) is 17.0 Å². The molecule has 1 aliphatic heterocycles. The number of ketones is 1. The maximum Gasteiger partial charge on any atom is 0.222 e. The summed E-state index contributed by atoms with van der Waals surface area (Å²) in [5, 5.41) is 0. The molecule has 1 saturated heterocycles. The number of amides is 1. The van der Waals surface area contributed by atoms with Gasteiger partial charge >= 0.3 is 0 Å². The topological polar surface area (TPSA) is 66.6 Å². The number of hydrogen-bond donors (Lipinski definition) is 1. The Bertz CT molecular complexity index is 564. The van der Waals surface area contributed by atoms with Crippen molar-refractivity contribution in [3.05, 3.63) is 29.6 Å². The molecule has 1 aliphatic rings. The van der Waals surface area contributed by atoms with Crippen molar-refractivity contribution in [3.8, 4) is 0 Å². The molecule has 2 N–H and O–H groups in total. The Kier molecular flexibility index (Phi) is 9.89. The molecule has 5 nitrogen and oxygen atoms in total. The van der Waals surface area contributed by atoms with Gasteiger partial charge < -0.3 is 15.5 Å². The first-order valence-corrected chi connectivity index (χ1v) is 7.56. The van der Waals surface area contributed by atoms with Gasteiger partial charge in [-0.05, 0) is 38.1 Å². The molecule has 136 valence electrons. The Morgan fingerprint density at radius 2 is 1.79 bits per heavy atom. The summed E-state index contributed by atoms with van der Waals surface area (Å²) in [7, 11) is 0. The summed E-state index contributed by atoms with van der Waals surface area (Å²) in [5.74, 6) is -0.436. The van der Waals surface area contributed by atoms with E-state index in [9.17, 15) is 14.0 Å². The number of nitrogens with zero attached hydrogens (tertiary/aromatic N) is 2. The molecule has 0 aromatic heterocycles. The lowest BCUT2D eigenvalue weighted by Crippen LogP contribution is -2.49. The van der Waals surface area contributed by atoms with Crippen molar-refractivity contribution < 1.29 is 14.0 Å². The number of halogens is 3. The molecule has 2 rings (SSSR count). The molecule has 0 bridgehead atoms. The van der Waals surface area contributed by atoms with Crippen molar-refractivity contribution >= 4 is 42.2 Å². The predicted molar refractivity (Wildman–Crippen MR) is 98.0 cm³/mol. The quantitative estimate of drug-likeness (QED) is 0.796. The second-order valence-corrected chi connectivity index (χ2v) is 5.48. The highest BCUT2D eigenvalue weighted by atomic mass is 35.5. The van der Waals surface area contributed by atoms with Gasteiger partial charge in [-0.1, -0.05) is 0 Å². The minimum Gasteiger partial charge on any atom is -0.366 e. The van der Waals surface area contributed by atoms with Crippen molar-refractivity contribution in [2.75, 3.05) is 37.6 Å². The first-order valence-electron chi connectivity index (χ1n) is 7.56. The Hall–Kier alpha value is -1.37. The molecule has 24 heavy (non-hydrogen) atoms. The van der Waals surface area contributed by atoms with Crippen LogP contribution in [0.4, 0.5) is 10.1 Å². The molecular formula is C16H24Cl2FN3O2. The normalized spacial score (nSPS) is 13.8. The lowest BCUT2D eigenvalue weighted by molar-refractivity contribution is -0.131. The summed E-state index contributed by atoms with van der Waals surface area (Å²) in [6.07, 6.45) is 1.17. The standard InChI is InChI=1S/C16H22FN3O2.2ClH/c1-12(21)13-4-5-15(14(17)11-13)19-7-9-20(10-8-19)16(22)3-2-6-18;;/h4-5,11H,2-3,6-10,18H2,1H3;2*1H. The highest BCUT2D eigenvalue weighted by Crippen LogP contribution is 2.22. The molecule has 1 aromatic rings. The highest BCUT2D eigenvalue weighted by molar-refractivity contribution is 5.94. The van der Waals surface area contributed by atoms with Crippen LogP contribution in [0.15, 0.2) is 18.2 Å². The molecule has 0 spiro atoms. The molecule has 0 unspecified atom stereocenters. The Morgan fingerprint density at radius 3 is 2.29 bits per heavy atom. The third-order valence-electron chi connectivity index (χ3n) is 3.92. The molecule has 1 heterocycles. The van der Waals surface area contributed by atoms with Crippen LogP contribution in [0.3, 0.4) is 0 Å². The van der Waals surface area contributed by atoms with Crippen LogP contribution in [0, 0.1) is 5.82 Å². The number of nitrogens with two attached hydrogens (primary N) is 1. The van der Waals surface area contributed by atoms with Gasteiger partial charge in [0.05, 0.1) is 5.69 Å². The van der Waals surface area contributed by atoms with Crippen LogP contribution >= 0.6 is 24.8 Å². The summed E-state index contributed by atoms with van der Waals surface area (Å²) < 4.78 is 14.1. The average molecular weight is 380 g/mol. The largest absolute Gasteiger partial charge is 0.366 e. The third-order valence-corrected chi connectivity index (χ3v) is 3.92. The number of hydrogen-bond acceptors (Lipinski definition) is 4. The number of carbonyl (C=O) groups excluding carboxylic acids is 2. The summed E-state index contributed by atoms with van der Waals surface area (Å²) in [5.41, 5.74) is 6.27. The number of anilines is 1. The van der Waals surface area contributed by atoms with Crippen molar-refractivity contribution in [2.24, 2.45) is 5.73 Å². The average Bonchev–Trinajstić information content (AvgIpc) is 2.52. The lowest BCUT2D eigenvalue weighted by atomic mass is 10.1. The van der Waals surface area contributed by atoms with E-state index < -0.39 is 5.82 Å².